The third kappa shape index (κ3) is 5.23. The normalized spacial score (nSPS) is 17.3. The molecule has 1 aromatic rings. The number of rotatable bonds is 4. The first-order valence-corrected chi connectivity index (χ1v) is 8.92. The van der Waals surface area contributed by atoms with Crippen molar-refractivity contribution in [2.45, 2.75) is 68.1 Å². The average molecular weight is 326 g/mol. The van der Waals surface area contributed by atoms with Crippen LogP contribution in [0.4, 0.5) is 0 Å². The van der Waals surface area contributed by atoms with E-state index in [4.69, 9.17) is 11.6 Å². The maximum atomic E-state index is 12.6. The number of thioether (sulfide) groups is 1. The van der Waals surface area contributed by atoms with E-state index in [0.717, 1.165) is 22.8 Å². The number of halogens is 1. The molecule has 1 aromatic carbocycles. The fourth-order valence-corrected chi connectivity index (χ4v) is 3.77. The van der Waals surface area contributed by atoms with Crippen LogP contribution in [0.15, 0.2) is 29.2 Å². The Morgan fingerprint density at radius 3 is 2.29 bits per heavy atom. The van der Waals surface area contributed by atoms with Crippen molar-refractivity contribution in [2.75, 3.05) is 0 Å². The van der Waals surface area contributed by atoms with Gasteiger partial charge in [0.2, 0.25) is 5.91 Å². The molecule has 0 atom stereocenters. The zero-order valence-corrected chi connectivity index (χ0v) is 14.4. The topological polar surface area (TPSA) is 29.1 Å². The van der Waals surface area contributed by atoms with Crippen LogP contribution in [0.2, 0.25) is 5.02 Å². The van der Waals surface area contributed by atoms with Gasteiger partial charge in [-0.05, 0) is 51.0 Å². The van der Waals surface area contributed by atoms with E-state index in [0.29, 0.717) is 6.04 Å². The van der Waals surface area contributed by atoms with Gasteiger partial charge >= 0.3 is 0 Å². The number of carbonyl (C=O) groups excluding carboxylic acids is 1. The lowest BCUT2D eigenvalue weighted by Gasteiger charge is -2.26. The first-order chi connectivity index (χ1) is 9.97. The first-order valence-electron chi connectivity index (χ1n) is 7.73. The van der Waals surface area contributed by atoms with E-state index in [9.17, 15) is 4.79 Å². The fraction of sp³-hybridized carbons (Fsp3) is 0.588. The van der Waals surface area contributed by atoms with Gasteiger partial charge in [0.1, 0.15) is 0 Å². The van der Waals surface area contributed by atoms with Crippen LogP contribution in [0.5, 0.6) is 0 Å². The Morgan fingerprint density at radius 1 is 1.14 bits per heavy atom. The Hall–Kier alpha value is -0.670. The number of amides is 1. The molecule has 1 aliphatic rings. The highest BCUT2D eigenvalue weighted by Gasteiger charge is 2.30. The SMILES string of the molecule is CC(C)(Sc1ccc(Cl)cc1)C(=O)NC1CCCCCC1. The van der Waals surface area contributed by atoms with Gasteiger partial charge in [-0.3, -0.25) is 4.79 Å². The first kappa shape index (κ1) is 16.7. The van der Waals surface area contributed by atoms with E-state index in [-0.39, 0.29) is 5.91 Å². The smallest absolute Gasteiger partial charge is 0.236 e. The molecule has 21 heavy (non-hydrogen) atoms. The predicted octanol–water partition coefficient (Wildman–Crippen LogP) is 5.05. The van der Waals surface area contributed by atoms with Crippen LogP contribution in [-0.2, 0) is 4.79 Å². The molecular weight excluding hydrogens is 302 g/mol. The number of hydrogen-bond donors (Lipinski definition) is 1. The number of benzene rings is 1. The molecule has 0 saturated heterocycles. The zero-order chi connectivity index (χ0) is 15.3. The monoisotopic (exact) mass is 325 g/mol. The van der Waals surface area contributed by atoms with Gasteiger partial charge in [-0.15, -0.1) is 11.8 Å². The van der Waals surface area contributed by atoms with E-state index < -0.39 is 4.75 Å². The molecule has 0 bridgehead atoms. The Morgan fingerprint density at radius 2 is 1.71 bits per heavy atom. The van der Waals surface area contributed by atoms with Gasteiger partial charge in [-0.25, -0.2) is 0 Å². The van der Waals surface area contributed by atoms with Gasteiger partial charge in [0.15, 0.2) is 0 Å². The second kappa shape index (κ2) is 7.55. The minimum absolute atomic E-state index is 0.134. The summed E-state index contributed by atoms with van der Waals surface area (Å²) in [6, 6.07) is 8.01. The number of nitrogens with one attached hydrogen (secondary N) is 1. The van der Waals surface area contributed by atoms with Crippen molar-refractivity contribution in [1.29, 1.82) is 0 Å². The van der Waals surface area contributed by atoms with Crippen molar-refractivity contribution >= 4 is 29.3 Å². The third-order valence-corrected chi connectivity index (χ3v) is 5.38. The molecule has 0 unspecified atom stereocenters. The summed E-state index contributed by atoms with van der Waals surface area (Å²) in [5, 5.41) is 3.97. The lowest BCUT2D eigenvalue weighted by molar-refractivity contribution is -0.123. The molecule has 4 heteroatoms. The van der Waals surface area contributed by atoms with E-state index in [2.05, 4.69) is 5.32 Å². The quantitative estimate of drug-likeness (QED) is 0.620. The molecule has 1 aliphatic carbocycles. The van der Waals surface area contributed by atoms with Gasteiger partial charge in [-0.2, -0.15) is 0 Å². The van der Waals surface area contributed by atoms with Gasteiger partial charge in [-0.1, -0.05) is 37.3 Å². The maximum Gasteiger partial charge on any atom is 0.236 e. The standard InChI is InChI=1S/C17H24ClNOS/c1-17(2,21-15-11-9-13(18)10-12-15)16(20)19-14-7-5-3-4-6-8-14/h9-12,14H,3-8H2,1-2H3,(H,19,20). The van der Waals surface area contributed by atoms with Crippen LogP contribution < -0.4 is 5.32 Å². The lowest BCUT2D eigenvalue weighted by atomic mass is 10.1. The highest BCUT2D eigenvalue weighted by molar-refractivity contribution is 8.01. The van der Waals surface area contributed by atoms with E-state index in [1.807, 2.05) is 38.1 Å². The number of carbonyl (C=O) groups is 1. The molecule has 1 fully saturated rings. The van der Waals surface area contributed by atoms with Crippen molar-refractivity contribution < 1.29 is 4.79 Å². The highest BCUT2D eigenvalue weighted by Crippen LogP contribution is 2.33. The largest absolute Gasteiger partial charge is 0.352 e. The molecule has 1 N–H and O–H groups in total. The van der Waals surface area contributed by atoms with Crippen molar-refractivity contribution in [3.63, 3.8) is 0 Å². The molecule has 1 amide bonds. The van der Waals surface area contributed by atoms with Gasteiger partial charge in [0.25, 0.3) is 0 Å². The van der Waals surface area contributed by atoms with E-state index >= 15 is 0 Å². The van der Waals surface area contributed by atoms with Gasteiger partial charge in [0, 0.05) is 16.0 Å². The molecule has 0 heterocycles. The van der Waals surface area contributed by atoms with E-state index in [1.54, 1.807) is 11.8 Å². The summed E-state index contributed by atoms with van der Waals surface area (Å²) in [6.07, 6.45) is 7.30. The van der Waals surface area contributed by atoms with Crippen molar-refractivity contribution in [3.05, 3.63) is 29.3 Å². The van der Waals surface area contributed by atoms with Crippen LogP contribution in [0, 0.1) is 0 Å². The third-order valence-electron chi connectivity index (χ3n) is 3.92. The van der Waals surface area contributed by atoms with E-state index in [1.165, 1.54) is 25.7 Å². The Bertz CT molecular complexity index is 464. The van der Waals surface area contributed by atoms with Gasteiger partial charge < -0.3 is 5.32 Å². The average Bonchev–Trinajstić information content (AvgIpc) is 2.70. The molecule has 0 spiro atoms. The summed E-state index contributed by atoms with van der Waals surface area (Å²) >= 11 is 7.49. The van der Waals surface area contributed by atoms with Crippen molar-refractivity contribution in [2.24, 2.45) is 0 Å². The summed E-state index contributed by atoms with van der Waals surface area (Å²) in [7, 11) is 0. The van der Waals surface area contributed by atoms with Crippen molar-refractivity contribution in [3.8, 4) is 0 Å². The minimum Gasteiger partial charge on any atom is -0.352 e. The molecule has 2 nitrogen and oxygen atoms in total. The van der Waals surface area contributed by atoms with Crippen LogP contribution in [0.1, 0.15) is 52.4 Å². The second-order valence-electron chi connectivity index (χ2n) is 6.23. The van der Waals surface area contributed by atoms with Crippen molar-refractivity contribution in [1.82, 2.24) is 5.32 Å². The Kier molecular flexibility index (Phi) is 6.00. The summed E-state index contributed by atoms with van der Waals surface area (Å²) < 4.78 is -0.472. The van der Waals surface area contributed by atoms with Gasteiger partial charge in [0.05, 0.1) is 4.75 Å². The minimum atomic E-state index is -0.472. The van der Waals surface area contributed by atoms with Crippen LogP contribution in [0.3, 0.4) is 0 Å². The predicted molar refractivity (Wildman–Crippen MR) is 91.0 cm³/mol. The molecule has 0 aliphatic heterocycles. The Labute approximate surface area is 137 Å². The highest BCUT2D eigenvalue weighted by atomic mass is 35.5. The zero-order valence-electron chi connectivity index (χ0n) is 12.8. The fourth-order valence-electron chi connectivity index (χ4n) is 2.63. The molecule has 1 saturated carbocycles. The molecule has 2 rings (SSSR count). The summed E-state index contributed by atoms with van der Waals surface area (Å²) in [5.41, 5.74) is 0. The molecule has 0 radical (unpaired) electrons. The Balaban J connectivity index is 1.93. The second-order valence-corrected chi connectivity index (χ2v) is 8.36. The molecule has 0 aromatic heterocycles. The summed E-state index contributed by atoms with van der Waals surface area (Å²) in [5.74, 6) is 0.134. The maximum absolute atomic E-state index is 12.6. The van der Waals surface area contributed by atoms with Crippen LogP contribution in [-0.4, -0.2) is 16.7 Å². The summed E-state index contributed by atoms with van der Waals surface area (Å²) in [4.78, 5) is 13.6. The molecular formula is C17H24ClNOS. The van der Waals surface area contributed by atoms with Crippen LogP contribution >= 0.6 is 23.4 Å². The van der Waals surface area contributed by atoms with Crippen LogP contribution in [0.25, 0.3) is 0 Å². The molecule has 116 valence electrons. The lowest BCUT2D eigenvalue weighted by Crippen LogP contribution is -2.44. The number of hydrogen-bond acceptors (Lipinski definition) is 2. The summed E-state index contributed by atoms with van der Waals surface area (Å²) in [6.45, 7) is 3.97.